The first-order chi connectivity index (χ1) is 12.2. The Balaban J connectivity index is 1.75. The highest BCUT2D eigenvalue weighted by Gasteiger charge is 2.66. The number of fused-ring (bicyclic) bond motifs is 5. The third kappa shape index (κ3) is 2.16. The van der Waals surface area contributed by atoms with Crippen LogP contribution >= 0.6 is 0 Å². The number of rotatable bonds is 2. The van der Waals surface area contributed by atoms with E-state index >= 15 is 0 Å². The van der Waals surface area contributed by atoms with Crippen LogP contribution in [0, 0.1) is 40.4 Å². The molecule has 0 aromatic rings. The number of carbonyl (C=O) groups is 2. The quantitative estimate of drug-likeness (QED) is 0.658. The van der Waals surface area contributed by atoms with Crippen LogP contribution in [0.25, 0.3) is 0 Å². The molecule has 0 aromatic heterocycles. The normalized spacial score (nSPS) is 47.2. The predicted octanol–water partition coefficient (Wildman–Crippen LogP) is 2.53. The van der Waals surface area contributed by atoms with Crippen molar-refractivity contribution in [3.05, 3.63) is 23.8 Å². The van der Waals surface area contributed by atoms with Crippen molar-refractivity contribution in [3.63, 3.8) is 0 Å². The summed E-state index contributed by atoms with van der Waals surface area (Å²) in [6.07, 6.45) is 7.60. The zero-order chi connectivity index (χ0) is 18.9. The Labute approximate surface area is 153 Å². The average molecular weight is 360 g/mol. The fourth-order valence-corrected chi connectivity index (χ4v) is 7.20. The van der Waals surface area contributed by atoms with Crippen LogP contribution in [-0.4, -0.2) is 33.4 Å². The molecule has 0 heterocycles. The zero-order valence-corrected chi connectivity index (χ0v) is 15.4. The van der Waals surface area contributed by atoms with Crippen molar-refractivity contribution in [2.45, 2.75) is 52.2 Å². The summed E-state index contributed by atoms with van der Waals surface area (Å²) in [5, 5.41) is 30.5. The molecule has 4 rings (SSSR count). The second-order valence-corrected chi connectivity index (χ2v) is 9.16. The highest BCUT2D eigenvalue weighted by Crippen LogP contribution is 2.67. The van der Waals surface area contributed by atoms with E-state index in [1.165, 1.54) is 5.57 Å². The molecule has 0 saturated heterocycles. The lowest BCUT2D eigenvalue weighted by molar-refractivity contribution is -0.210. The van der Waals surface area contributed by atoms with E-state index in [0.717, 1.165) is 25.7 Å². The fourth-order valence-electron chi connectivity index (χ4n) is 7.20. The number of ketones is 1. The molecule has 0 spiro atoms. The van der Waals surface area contributed by atoms with Crippen molar-refractivity contribution in [2.75, 3.05) is 0 Å². The number of carboxylic acid groups (broad SMARTS) is 1. The number of carboxylic acids is 1. The van der Waals surface area contributed by atoms with Crippen LogP contribution in [0.2, 0.25) is 0 Å². The standard InChI is InChI=1S/C21H28O5/c1-11-9-16-14-4-3-12-10-13(22)5-7-20(12,2)15(14)6-8-21(16,19(25)26)17(11)18(23)24/h5,7,10-11,14-17,19,25-26H,3-4,6,8-9H2,1-2H3,(H,23,24)/t11-,14-,15+,16+,17-,20+,21-/m1/s1. The molecule has 0 bridgehead atoms. The largest absolute Gasteiger partial charge is 0.481 e. The first-order valence-electron chi connectivity index (χ1n) is 9.75. The minimum atomic E-state index is -1.60. The molecule has 4 aliphatic carbocycles. The molecular formula is C21H28O5. The molecule has 5 nitrogen and oxygen atoms in total. The lowest BCUT2D eigenvalue weighted by Crippen LogP contribution is -2.56. The number of aliphatic hydroxyl groups is 2. The van der Waals surface area contributed by atoms with E-state index in [-0.39, 0.29) is 29.0 Å². The number of allylic oxidation sites excluding steroid dienone is 4. The smallest absolute Gasteiger partial charge is 0.307 e. The van der Waals surface area contributed by atoms with Crippen LogP contribution in [-0.2, 0) is 9.59 Å². The summed E-state index contributed by atoms with van der Waals surface area (Å²) in [6.45, 7) is 4.12. The molecule has 0 aliphatic heterocycles. The van der Waals surface area contributed by atoms with Crippen molar-refractivity contribution < 1.29 is 24.9 Å². The topological polar surface area (TPSA) is 94.8 Å². The molecule has 0 amide bonds. The molecule has 142 valence electrons. The van der Waals surface area contributed by atoms with Gasteiger partial charge in [-0.25, -0.2) is 0 Å². The van der Waals surface area contributed by atoms with E-state index in [4.69, 9.17) is 0 Å². The van der Waals surface area contributed by atoms with Gasteiger partial charge in [-0.15, -0.1) is 0 Å². The monoisotopic (exact) mass is 360 g/mol. The summed E-state index contributed by atoms with van der Waals surface area (Å²) < 4.78 is 0. The Morgan fingerprint density at radius 3 is 2.65 bits per heavy atom. The highest BCUT2D eigenvalue weighted by atomic mass is 16.5. The predicted molar refractivity (Wildman–Crippen MR) is 94.8 cm³/mol. The molecule has 0 unspecified atom stereocenters. The van der Waals surface area contributed by atoms with Gasteiger partial charge >= 0.3 is 5.97 Å². The van der Waals surface area contributed by atoms with E-state index < -0.39 is 23.6 Å². The van der Waals surface area contributed by atoms with Gasteiger partial charge in [-0.2, -0.15) is 0 Å². The van der Waals surface area contributed by atoms with E-state index in [2.05, 4.69) is 6.92 Å². The number of carbonyl (C=O) groups excluding carboxylic acids is 1. The summed E-state index contributed by atoms with van der Waals surface area (Å²) in [5.74, 6) is -1.04. The molecule has 3 N–H and O–H groups in total. The number of hydrogen-bond donors (Lipinski definition) is 3. The van der Waals surface area contributed by atoms with Crippen molar-refractivity contribution in [2.24, 2.45) is 40.4 Å². The molecule has 7 atom stereocenters. The van der Waals surface area contributed by atoms with Gasteiger partial charge in [-0.1, -0.05) is 25.5 Å². The first kappa shape index (κ1) is 17.9. The van der Waals surface area contributed by atoms with E-state index in [9.17, 15) is 24.9 Å². The molecule has 3 saturated carbocycles. The van der Waals surface area contributed by atoms with Crippen LogP contribution in [0.5, 0.6) is 0 Å². The van der Waals surface area contributed by atoms with Gasteiger partial charge in [0.1, 0.15) is 0 Å². The van der Waals surface area contributed by atoms with Crippen molar-refractivity contribution in [3.8, 4) is 0 Å². The van der Waals surface area contributed by atoms with Gasteiger partial charge in [-0.05, 0) is 67.9 Å². The van der Waals surface area contributed by atoms with E-state index in [1.807, 2.05) is 13.0 Å². The van der Waals surface area contributed by atoms with E-state index in [0.29, 0.717) is 12.3 Å². The van der Waals surface area contributed by atoms with Gasteiger partial charge in [0, 0.05) is 10.8 Å². The molecule has 4 aliphatic rings. The summed E-state index contributed by atoms with van der Waals surface area (Å²) in [4.78, 5) is 23.8. The second-order valence-electron chi connectivity index (χ2n) is 9.16. The summed E-state index contributed by atoms with van der Waals surface area (Å²) in [7, 11) is 0. The lowest BCUT2D eigenvalue weighted by atomic mass is 9.47. The van der Waals surface area contributed by atoms with Crippen molar-refractivity contribution >= 4 is 11.8 Å². The van der Waals surface area contributed by atoms with Gasteiger partial charge in [0.25, 0.3) is 0 Å². The summed E-state index contributed by atoms with van der Waals surface area (Å²) in [6, 6.07) is 0. The summed E-state index contributed by atoms with van der Waals surface area (Å²) >= 11 is 0. The van der Waals surface area contributed by atoms with Gasteiger partial charge in [0.15, 0.2) is 12.1 Å². The third-order valence-corrected chi connectivity index (χ3v) is 8.25. The molecule has 5 heteroatoms. The Bertz CT molecular complexity index is 707. The lowest BCUT2D eigenvalue weighted by Gasteiger charge is -2.57. The number of hydrogen-bond acceptors (Lipinski definition) is 4. The molecule has 26 heavy (non-hydrogen) atoms. The van der Waals surface area contributed by atoms with Gasteiger partial charge in [0.2, 0.25) is 0 Å². The fraction of sp³-hybridized carbons (Fsp3) is 0.714. The van der Waals surface area contributed by atoms with Gasteiger partial charge in [0.05, 0.1) is 5.92 Å². The van der Waals surface area contributed by atoms with Crippen LogP contribution in [0.4, 0.5) is 0 Å². The van der Waals surface area contributed by atoms with Crippen LogP contribution in [0.15, 0.2) is 23.8 Å². The number of aliphatic hydroxyl groups excluding tert-OH is 1. The van der Waals surface area contributed by atoms with Crippen molar-refractivity contribution in [1.82, 2.24) is 0 Å². The second kappa shape index (κ2) is 5.77. The van der Waals surface area contributed by atoms with Gasteiger partial charge in [-0.3, -0.25) is 9.59 Å². The van der Waals surface area contributed by atoms with Crippen LogP contribution in [0.3, 0.4) is 0 Å². The van der Waals surface area contributed by atoms with Crippen molar-refractivity contribution in [1.29, 1.82) is 0 Å². The Hall–Kier alpha value is -1.46. The molecule has 3 fully saturated rings. The molecular weight excluding hydrogens is 332 g/mol. The highest BCUT2D eigenvalue weighted by molar-refractivity contribution is 6.01. The maximum absolute atomic E-state index is 12.0. The number of aliphatic carboxylic acids is 1. The van der Waals surface area contributed by atoms with E-state index in [1.54, 1.807) is 12.2 Å². The maximum Gasteiger partial charge on any atom is 0.307 e. The Kier molecular flexibility index (Phi) is 3.98. The first-order valence-corrected chi connectivity index (χ1v) is 9.75. The minimum Gasteiger partial charge on any atom is -0.481 e. The average Bonchev–Trinajstić information content (AvgIpc) is 2.89. The summed E-state index contributed by atoms with van der Waals surface area (Å²) in [5.41, 5.74) is 0.0655. The Morgan fingerprint density at radius 2 is 2.00 bits per heavy atom. The Morgan fingerprint density at radius 1 is 1.27 bits per heavy atom. The maximum atomic E-state index is 12.0. The SMILES string of the molecule is C[C@@H]1C[C@H]2[C@@H]3CCC4=CC(=O)C=C[C@]4(C)[C@H]3CC[C@]2(C(O)O)[C@H]1C(=O)O. The molecule has 0 aromatic carbocycles. The minimum absolute atomic E-state index is 0.00162. The van der Waals surface area contributed by atoms with Crippen LogP contribution < -0.4 is 0 Å². The zero-order valence-electron chi connectivity index (χ0n) is 15.4. The third-order valence-electron chi connectivity index (χ3n) is 8.25. The van der Waals surface area contributed by atoms with Crippen LogP contribution in [0.1, 0.15) is 46.0 Å². The van der Waals surface area contributed by atoms with Gasteiger partial charge < -0.3 is 15.3 Å². The molecule has 0 radical (unpaired) electrons.